The van der Waals surface area contributed by atoms with E-state index in [9.17, 15) is 4.79 Å². The number of nitrogens with zero attached hydrogens (tertiary/aromatic N) is 1. The van der Waals surface area contributed by atoms with Crippen molar-refractivity contribution in [1.29, 1.82) is 0 Å². The molecule has 24 heavy (non-hydrogen) atoms. The monoisotopic (exact) mass is 354 g/mol. The standard InChI is InChI=1S/C19H15ClN2OS/c1-13(11-12-14-7-3-2-4-8-14)21-22-19(23)18-17(20)15-9-5-6-10-16(15)24-18/h2-12H,1H3,(H,22,23). The highest BCUT2D eigenvalue weighted by Crippen LogP contribution is 2.34. The lowest BCUT2D eigenvalue weighted by molar-refractivity contribution is 0.0959. The van der Waals surface area contributed by atoms with E-state index in [-0.39, 0.29) is 5.91 Å². The van der Waals surface area contributed by atoms with Crippen LogP contribution in [-0.2, 0) is 0 Å². The first-order valence-electron chi connectivity index (χ1n) is 7.40. The number of amides is 1. The van der Waals surface area contributed by atoms with Gasteiger partial charge in [-0.05, 0) is 24.6 Å². The molecule has 1 N–H and O–H groups in total. The summed E-state index contributed by atoms with van der Waals surface area (Å²) in [6, 6.07) is 17.6. The molecule has 120 valence electrons. The molecule has 0 atom stereocenters. The number of nitrogens with one attached hydrogen (secondary N) is 1. The lowest BCUT2D eigenvalue weighted by atomic mass is 10.2. The zero-order valence-corrected chi connectivity index (χ0v) is 14.6. The van der Waals surface area contributed by atoms with E-state index in [0.29, 0.717) is 15.6 Å². The minimum absolute atomic E-state index is 0.298. The zero-order chi connectivity index (χ0) is 16.9. The second-order valence-electron chi connectivity index (χ2n) is 5.18. The third-order valence-electron chi connectivity index (χ3n) is 3.39. The Morgan fingerprint density at radius 1 is 1.12 bits per heavy atom. The van der Waals surface area contributed by atoms with Crippen LogP contribution in [-0.4, -0.2) is 11.6 Å². The first kappa shape index (κ1) is 16.4. The summed E-state index contributed by atoms with van der Waals surface area (Å²) in [5.41, 5.74) is 4.33. The number of hydrogen-bond donors (Lipinski definition) is 1. The van der Waals surface area contributed by atoms with Gasteiger partial charge in [-0.25, -0.2) is 5.43 Å². The van der Waals surface area contributed by atoms with Crippen LogP contribution >= 0.6 is 22.9 Å². The maximum absolute atomic E-state index is 12.3. The molecular weight excluding hydrogens is 340 g/mol. The van der Waals surface area contributed by atoms with Crippen molar-refractivity contribution in [3.05, 3.63) is 76.1 Å². The molecule has 0 saturated heterocycles. The summed E-state index contributed by atoms with van der Waals surface area (Å²) < 4.78 is 0.984. The van der Waals surface area contributed by atoms with E-state index in [1.54, 1.807) is 0 Å². The van der Waals surface area contributed by atoms with E-state index in [1.165, 1.54) is 11.3 Å². The van der Waals surface area contributed by atoms with Gasteiger partial charge in [-0.3, -0.25) is 4.79 Å². The van der Waals surface area contributed by atoms with Crippen LogP contribution < -0.4 is 5.43 Å². The van der Waals surface area contributed by atoms with Gasteiger partial charge in [0.2, 0.25) is 0 Å². The highest BCUT2D eigenvalue weighted by Gasteiger charge is 2.16. The topological polar surface area (TPSA) is 41.5 Å². The molecule has 3 aromatic rings. The highest BCUT2D eigenvalue weighted by atomic mass is 35.5. The Kier molecular flexibility index (Phi) is 5.08. The summed E-state index contributed by atoms with van der Waals surface area (Å²) in [6.07, 6.45) is 3.79. The summed E-state index contributed by atoms with van der Waals surface area (Å²) >= 11 is 7.66. The van der Waals surface area contributed by atoms with Crippen molar-refractivity contribution in [1.82, 2.24) is 5.43 Å². The van der Waals surface area contributed by atoms with Crippen LogP contribution in [0.15, 0.2) is 65.8 Å². The van der Waals surface area contributed by atoms with Gasteiger partial charge in [-0.1, -0.05) is 66.2 Å². The number of carbonyl (C=O) groups excluding carboxylic acids is 1. The molecule has 0 aliphatic heterocycles. The second kappa shape index (κ2) is 7.43. The smallest absolute Gasteiger partial charge is 0.266 e. The SMILES string of the molecule is CC(C=Cc1ccccc1)=NNC(=O)c1sc2ccccc2c1Cl. The normalized spacial score (nSPS) is 12.0. The van der Waals surface area contributed by atoms with Crippen molar-refractivity contribution in [2.45, 2.75) is 6.92 Å². The molecule has 0 saturated carbocycles. The number of thiophene rings is 1. The van der Waals surface area contributed by atoms with Gasteiger partial charge in [0.1, 0.15) is 4.88 Å². The molecule has 0 aliphatic carbocycles. The van der Waals surface area contributed by atoms with E-state index in [2.05, 4.69) is 10.5 Å². The lowest BCUT2D eigenvalue weighted by Crippen LogP contribution is -2.17. The van der Waals surface area contributed by atoms with Crippen molar-refractivity contribution in [2.24, 2.45) is 5.10 Å². The fraction of sp³-hybridized carbons (Fsp3) is 0.0526. The molecule has 0 unspecified atom stereocenters. The van der Waals surface area contributed by atoms with Crippen LogP contribution in [0.4, 0.5) is 0 Å². The Morgan fingerprint density at radius 3 is 2.58 bits per heavy atom. The molecule has 0 spiro atoms. The molecule has 1 aromatic heterocycles. The van der Waals surface area contributed by atoms with Crippen molar-refractivity contribution < 1.29 is 4.79 Å². The van der Waals surface area contributed by atoms with E-state index in [4.69, 9.17) is 11.6 Å². The number of hydrogen-bond acceptors (Lipinski definition) is 3. The van der Waals surface area contributed by atoms with Crippen LogP contribution in [0.25, 0.3) is 16.2 Å². The number of allylic oxidation sites excluding steroid dienone is 1. The predicted molar refractivity (Wildman–Crippen MR) is 103 cm³/mol. The zero-order valence-electron chi connectivity index (χ0n) is 13.0. The Bertz CT molecular complexity index is 929. The first-order chi connectivity index (χ1) is 11.6. The van der Waals surface area contributed by atoms with Crippen molar-refractivity contribution in [3.63, 3.8) is 0 Å². The molecule has 2 aromatic carbocycles. The third-order valence-corrected chi connectivity index (χ3v) is 5.07. The minimum Gasteiger partial charge on any atom is -0.266 e. The maximum atomic E-state index is 12.3. The van der Waals surface area contributed by atoms with Gasteiger partial charge in [0.25, 0.3) is 5.91 Å². The average molecular weight is 355 g/mol. The molecule has 0 bridgehead atoms. The molecular formula is C19H15ClN2OS. The van der Waals surface area contributed by atoms with Crippen LogP contribution in [0, 0.1) is 0 Å². The Hall–Kier alpha value is -2.43. The molecule has 0 radical (unpaired) electrons. The molecule has 1 amide bonds. The summed E-state index contributed by atoms with van der Waals surface area (Å²) in [5.74, 6) is -0.298. The third kappa shape index (κ3) is 3.72. The van der Waals surface area contributed by atoms with E-state index >= 15 is 0 Å². The number of fused-ring (bicyclic) bond motifs is 1. The van der Waals surface area contributed by atoms with E-state index in [1.807, 2.05) is 73.7 Å². The molecule has 5 heteroatoms. The Morgan fingerprint density at radius 2 is 1.83 bits per heavy atom. The fourth-order valence-corrected chi connectivity index (χ4v) is 3.57. The summed E-state index contributed by atoms with van der Waals surface area (Å²) in [4.78, 5) is 12.8. The molecule has 0 fully saturated rings. The number of hydrazone groups is 1. The number of halogens is 1. The van der Waals surface area contributed by atoms with Gasteiger partial charge >= 0.3 is 0 Å². The molecule has 3 rings (SSSR count). The van der Waals surface area contributed by atoms with Gasteiger partial charge in [-0.15, -0.1) is 11.3 Å². The summed E-state index contributed by atoms with van der Waals surface area (Å²) in [5, 5.41) is 5.47. The number of rotatable bonds is 4. The molecule has 3 nitrogen and oxygen atoms in total. The van der Waals surface area contributed by atoms with Crippen molar-refractivity contribution in [2.75, 3.05) is 0 Å². The van der Waals surface area contributed by atoms with E-state index < -0.39 is 0 Å². The van der Waals surface area contributed by atoms with Gasteiger partial charge < -0.3 is 0 Å². The maximum Gasteiger partial charge on any atom is 0.283 e. The van der Waals surface area contributed by atoms with Gasteiger partial charge in [0.15, 0.2) is 0 Å². The van der Waals surface area contributed by atoms with Crippen LogP contribution in [0.1, 0.15) is 22.2 Å². The van der Waals surface area contributed by atoms with Crippen LogP contribution in [0.5, 0.6) is 0 Å². The number of benzene rings is 2. The summed E-state index contributed by atoms with van der Waals surface area (Å²) in [6.45, 7) is 1.83. The Labute approximate surface area is 149 Å². The second-order valence-corrected chi connectivity index (χ2v) is 6.61. The molecule has 1 heterocycles. The lowest BCUT2D eigenvalue weighted by Gasteiger charge is -1.98. The van der Waals surface area contributed by atoms with Gasteiger partial charge in [0, 0.05) is 10.1 Å². The largest absolute Gasteiger partial charge is 0.283 e. The molecule has 0 aliphatic rings. The number of carbonyl (C=O) groups is 1. The van der Waals surface area contributed by atoms with Crippen molar-refractivity contribution in [3.8, 4) is 0 Å². The van der Waals surface area contributed by atoms with E-state index in [0.717, 1.165) is 15.6 Å². The quantitative estimate of drug-likeness (QED) is 0.496. The average Bonchev–Trinajstić information content (AvgIpc) is 2.96. The minimum atomic E-state index is -0.298. The van der Waals surface area contributed by atoms with Crippen LogP contribution in [0.3, 0.4) is 0 Å². The highest BCUT2D eigenvalue weighted by molar-refractivity contribution is 7.21. The van der Waals surface area contributed by atoms with Gasteiger partial charge in [0.05, 0.1) is 10.7 Å². The Balaban J connectivity index is 1.72. The van der Waals surface area contributed by atoms with Gasteiger partial charge in [-0.2, -0.15) is 5.10 Å². The first-order valence-corrected chi connectivity index (χ1v) is 8.59. The predicted octanol–water partition coefficient (Wildman–Crippen LogP) is 5.37. The summed E-state index contributed by atoms with van der Waals surface area (Å²) in [7, 11) is 0. The fourth-order valence-electron chi connectivity index (χ4n) is 2.17. The van der Waals surface area contributed by atoms with Crippen molar-refractivity contribution >= 4 is 50.7 Å². The van der Waals surface area contributed by atoms with Crippen LogP contribution in [0.2, 0.25) is 5.02 Å².